The van der Waals surface area contributed by atoms with Crippen molar-refractivity contribution in [1.82, 2.24) is 0 Å². The third-order valence-electron chi connectivity index (χ3n) is 4.78. The molecule has 0 bridgehead atoms. The second kappa shape index (κ2) is 4.86. The van der Waals surface area contributed by atoms with E-state index in [0.717, 1.165) is 16.8 Å². The van der Waals surface area contributed by atoms with Gasteiger partial charge < -0.3 is 15.2 Å². The minimum atomic E-state index is -0.550. The molecule has 1 aromatic rings. The van der Waals surface area contributed by atoms with Crippen LogP contribution in [-0.2, 0) is 16.0 Å². The first kappa shape index (κ1) is 13.6. The number of aliphatic hydroxyl groups excluding tert-OH is 1. The molecule has 1 aromatic carbocycles. The Morgan fingerprint density at radius 2 is 2.05 bits per heavy atom. The lowest BCUT2D eigenvalue weighted by Gasteiger charge is -2.25. The summed E-state index contributed by atoms with van der Waals surface area (Å²) in [5, 5.41) is 13.5. The second-order valence-corrected chi connectivity index (χ2v) is 6.07. The first-order valence-corrected chi connectivity index (χ1v) is 7.23. The van der Waals surface area contributed by atoms with Crippen LogP contribution in [0.15, 0.2) is 18.2 Å². The first-order valence-electron chi connectivity index (χ1n) is 7.23. The summed E-state index contributed by atoms with van der Waals surface area (Å²) in [4.78, 5) is 11.4. The van der Waals surface area contributed by atoms with Crippen LogP contribution in [0, 0.1) is 11.8 Å². The summed E-state index contributed by atoms with van der Waals surface area (Å²) in [5.41, 5.74) is 2.71. The number of amides is 1. The average molecular weight is 275 g/mol. The van der Waals surface area contributed by atoms with Crippen LogP contribution in [0.3, 0.4) is 0 Å². The van der Waals surface area contributed by atoms with Gasteiger partial charge in [0.2, 0.25) is 5.91 Å². The van der Waals surface area contributed by atoms with Crippen LogP contribution < -0.4 is 5.32 Å². The van der Waals surface area contributed by atoms with Gasteiger partial charge in [0.15, 0.2) is 0 Å². The van der Waals surface area contributed by atoms with Gasteiger partial charge in [-0.2, -0.15) is 0 Å². The summed E-state index contributed by atoms with van der Waals surface area (Å²) in [6, 6.07) is 5.73. The highest BCUT2D eigenvalue weighted by Gasteiger charge is 2.41. The van der Waals surface area contributed by atoms with Gasteiger partial charge in [0.1, 0.15) is 0 Å². The molecule has 2 aliphatic rings. The number of anilines is 1. The maximum absolute atomic E-state index is 11.4. The highest BCUT2D eigenvalue weighted by molar-refractivity contribution is 5.99. The number of carbonyl (C=O) groups excluding carboxylic acids is 1. The van der Waals surface area contributed by atoms with Crippen molar-refractivity contribution in [1.29, 1.82) is 0 Å². The van der Waals surface area contributed by atoms with E-state index < -0.39 is 6.10 Å². The average Bonchev–Trinajstić information content (AvgIpc) is 2.87. The van der Waals surface area contributed by atoms with Gasteiger partial charge in [0.25, 0.3) is 0 Å². The van der Waals surface area contributed by atoms with Gasteiger partial charge in [-0.25, -0.2) is 0 Å². The van der Waals surface area contributed by atoms with E-state index in [1.54, 1.807) is 0 Å². The number of nitrogens with one attached hydrogen (secondary N) is 1. The van der Waals surface area contributed by atoms with Gasteiger partial charge in [-0.1, -0.05) is 19.1 Å². The molecule has 0 aliphatic carbocycles. The molecule has 2 aliphatic heterocycles. The summed E-state index contributed by atoms with van der Waals surface area (Å²) in [6.07, 6.45) is 0.0646. The molecular formula is C16H21NO3. The van der Waals surface area contributed by atoms with Gasteiger partial charge in [-0.15, -0.1) is 0 Å². The Labute approximate surface area is 119 Å². The molecule has 3 rings (SSSR count). The number of fused-ring (bicyclic) bond motifs is 1. The fraction of sp³-hybridized carbons (Fsp3) is 0.562. The zero-order valence-electron chi connectivity index (χ0n) is 12.1. The fourth-order valence-electron chi connectivity index (χ4n) is 3.49. The van der Waals surface area contributed by atoms with Crippen molar-refractivity contribution in [3.63, 3.8) is 0 Å². The predicted molar refractivity (Wildman–Crippen MR) is 76.4 cm³/mol. The number of rotatable bonds is 2. The van der Waals surface area contributed by atoms with E-state index in [-0.39, 0.29) is 24.0 Å². The lowest BCUT2D eigenvalue weighted by Crippen LogP contribution is -2.25. The standard InChI is InChI=1S/C16H21NO3/c1-8-9(2)20-10(3)15(8)16(19)11-4-5-13-12(6-11)7-14(18)17-13/h4-6,8-10,15-16,19H,7H2,1-3H3,(H,17,18). The molecule has 20 heavy (non-hydrogen) atoms. The first-order chi connectivity index (χ1) is 9.47. The van der Waals surface area contributed by atoms with E-state index >= 15 is 0 Å². The summed E-state index contributed by atoms with van der Waals surface area (Å²) in [7, 11) is 0. The molecule has 4 heteroatoms. The quantitative estimate of drug-likeness (QED) is 0.870. The Balaban J connectivity index is 1.86. The van der Waals surface area contributed by atoms with Crippen LogP contribution in [0.2, 0.25) is 0 Å². The molecule has 5 unspecified atom stereocenters. The topological polar surface area (TPSA) is 58.6 Å². The third-order valence-corrected chi connectivity index (χ3v) is 4.78. The largest absolute Gasteiger partial charge is 0.388 e. The van der Waals surface area contributed by atoms with E-state index in [9.17, 15) is 9.90 Å². The van der Waals surface area contributed by atoms with E-state index in [4.69, 9.17) is 4.74 Å². The fourth-order valence-corrected chi connectivity index (χ4v) is 3.49. The van der Waals surface area contributed by atoms with Gasteiger partial charge >= 0.3 is 0 Å². The van der Waals surface area contributed by atoms with Crippen LogP contribution in [0.25, 0.3) is 0 Å². The zero-order valence-corrected chi connectivity index (χ0v) is 12.1. The summed E-state index contributed by atoms with van der Waals surface area (Å²) >= 11 is 0. The van der Waals surface area contributed by atoms with Crippen molar-refractivity contribution in [3.05, 3.63) is 29.3 Å². The molecule has 2 N–H and O–H groups in total. The molecular weight excluding hydrogens is 254 g/mol. The molecule has 108 valence electrons. The monoisotopic (exact) mass is 275 g/mol. The molecule has 1 saturated heterocycles. The summed E-state index contributed by atoms with van der Waals surface area (Å²) < 4.78 is 5.81. The van der Waals surface area contributed by atoms with Crippen LogP contribution in [-0.4, -0.2) is 23.2 Å². The molecule has 5 atom stereocenters. The Hall–Kier alpha value is -1.39. The van der Waals surface area contributed by atoms with Crippen LogP contribution >= 0.6 is 0 Å². The van der Waals surface area contributed by atoms with Gasteiger partial charge in [0, 0.05) is 11.6 Å². The molecule has 0 saturated carbocycles. The number of hydrogen-bond donors (Lipinski definition) is 2. The van der Waals surface area contributed by atoms with Crippen molar-refractivity contribution < 1.29 is 14.6 Å². The smallest absolute Gasteiger partial charge is 0.228 e. The predicted octanol–water partition coefficient (Wildman–Crippen LogP) is 2.27. The Morgan fingerprint density at radius 1 is 1.30 bits per heavy atom. The molecule has 0 aromatic heterocycles. The number of carbonyl (C=O) groups is 1. The SMILES string of the molecule is CC1OC(C)C(C(O)c2ccc3c(c2)CC(=O)N3)C1C. The van der Waals surface area contributed by atoms with E-state index in [1.165, 1.54) is 0 Å². The van der Waals surface area contributed by atoms with Crippen molar-refractivity contribution >= 4 is 11.6 Å². The number of benzene rings is 1. The van der Waals surface area contributed by atoms with Crippen LogP contribution in [0.1, 0.15) is 38.0 Å². The van der Waals surface area contributed by atoms with Gasteiger partial charge in [-0.3, -0.25) is 4.79 Å². The van der Waals surface area contributed by atoms with E-state index in [1.807, 2.05) is 25.1 Å². The minimum absolute atomic E-state index is 0.0196. The Bertz CT molecular complexity index is 543. The minimum Gasteiger partial charge on any atom is -0.388 e. The summed E-state index contributed by atoms with van der Waals surface area (Å²) in [6.45, 7) is 6.20. The molecule has 1 amide bonds. The lowest BCUT2D eigenvalue weighted by molar-refractivity contribution is -0.115. The van der Waals surface area contributed by atoms with Crippen molar-refractivity contribution in [2.24, 2.45) is 11.8 Å². The third kappa shape index (κ3) is 2.13. The Kier molecular flexibility index (Phi) is 3.30. The van der Waals surface area contributed by atoms with Crippen molar-refractivity contribution in [2.75, 3.05) is 5.32 Å². The van der Waals surface area contributed by atoms with Crippen molar-refractivity contribution in [3.8, 4) is 0 Å². The maximum Gasteiger partial charge on any atom is 0.228 e. The molecule has 1 fully saturated rings. The van der Waals surface area contributed by atoms with Crippen LogP contribution in [0.4, 0.5) is 5.69 Å². The molecule has 0 spiro atoms. The van der Waals surface area contributed by atoms with Gasteiger partial charge in [0.05, 0.1) is 24.7 Å². The summed E-state index contributed by atoms with van der Waals surface area (Å²) in [5.74, 6) is 0.423. The van der Waals surface area contributed by atoms with E-state index in [0.29, 0.717) is 12.3 Å². The van der Waals surface area contributed by atoms with E-state index in [2.05, 4.69) is 19.2 Å². The van der Waals surface area contributed by atoms with Gasteiger partial charge in [-0.05, 0) is 37.0 Å². The number of hydrogen-bond acceptors (Lipinski definition) is 3. The lowest BCUT2D eigenvalue weighted by atomic mass is 9.82. The highest BCUT2D eigenvalue weighted by Crippen LogP contribution is 2.41. The molecule has 2 heterocycles. The zero-order chi connectivity index (χ0) is 14.4. The highest BCUT2D eigenvalue weighted by atomic mass is 16.5. The second-order valence-electron chi connectivity index (χ2n) is 6.07. The molecule has 0 radical (unpaired) electrons. The maximum atomic E-state index is 11.4. The van der Waals surface area contributed by atoms with Crippen molar-refractivity contribution in [2.45, 2.75) is 45.5 Å². The van der Waals surface area contributed by atoms with Crippen LogP contribution in [0.5, 0.6) is 0 Å². The normalized spacial score (nSPS) is 33.9. The number of aliphatic hydroxyl groups is 1. The Morgan fingerprint density at radius 3 is 2.70 bits per heavy atom. The number of ether oxygens (including phenoxy) is 1. The molecule has 4 nitrogen and oxygen atoms in total.